The van der Waals surface area contributed by atoms with Gasteiger partial charge in [-0.2, -0.15) is 0 Å². The summed E-state index contributed by atoms with van der Waals surface area (Å²) < 4.78 is 5.43. The summed E-state index contributed by atoms with van der Waals surface area (Å²) in [6.07, 6.45) is 0.484. The Morgan fingerprint density at radius 2 is 1.78 bits per heavy atom. The highest BCUT2D eigenvalue weighted by Crippen LogP contribution is 2.26. The predicted molar refractivity (Wildman–Crippen MR) is 110 cm³/mol. The van der Waals surface area contributed by atoms with E-state index in [1.165, 1.54) is 5.56 Å². The van der Waals surface area contributed by atoms with Crippen LogP contribution in [-0.2, 0) is 16.1 Å². The van der Waals surface area contributed by atoms with E-state index in [2.05, 4.69) is 52.4 Å². The molecule has 144 valence electrons. The number of carbonyl (C=O) groups is 1. The number of benzene rings is 2. The van der Waals surface area contributed by atoms with Crippen LogP contribution in [0.25, 0.3) is 0 Å². The van der Waals surface area contributed by atoms with E-state index in [9.17, 15) is 4.79 Å². The fourth-order valence-corrected chi connectivity index (χ4v) is 3.32. The molecule has 1 saturated heterocycles. The van der Waals surface area contributed by atoms with Crippen molar-refractivity contribution in [2.75, 3.05) is 49.6 Å². The molecule has 3 rings (SSSR count). The molecular weight excluding hydrogens is 338 g/mol. The molecule has 0 aliphatic carbocycles. The average Bonchev–Trinajstić information content (AvgIpc) is 2.73. The van der Waals surface area contributed by atoms with Crippen molar-refractivity contribution >= 4 is 17.3 Å². The molecule has 0 atom stereocenters. The summed E-state index contributed by atoms with van der Waals surface area (Å²) in [5, 5.41) is 3.10. The molecule has 1 aliphatic rings. The highest BCUT2D eigenvalue weighted by molar-refractivity contribution is 5.94. The van der Waals surface area contributed by atoms with Crippen molar-refractivity contribution in [3.8, 4) is 0 Å². The number of carbonyl (C=O) groups excluding carboxylic acids is 1. The van der Waals surface area contributed by atoms with Gasteiger partial charge in [-0.3, -0.25) is 9.69 Å². The SMILES string of the molecule is CCN(CCC(=O)Nc1ccccc1N1CCOCC1)Cc1ccccc1. The summed E-state index contributed by atoms with van der Waals surface area (Å²) >= 11 is 0. The van der Waals surface area contributed by atoms with Gasteiger partial charge in [-0.1, -0.05) is 49.4 Å². The van der Waals surface area contributed by atoms with Crippen LogP contribution in [0.1, 0.15) is 18.9 Å². The quantitative estimate of drug-likeness (QED) is 0.777. The number of amides is 1. The van der Waals surface area contributed by atoms with Crippen LogP contribution in [-0.4, -0.2) is 50.2 Å². The summed E-state index contributed by atoms with van der Waals surface area (Å²) in [4.78, 5) is 17.1. The van der Waals surface area contributed by atoms with E-state index >= 15 is 0 Å². The van der Waals surface area contributed by atoms with Gasteiger partial charge in [0.15, 0.2) is 0 Å². The molecular formula is C22H29N3O2. The lowest BCUT2D eigenvalue weighted by atomic mass is 10.2. The molecule has 1 N–H and O–H groups in total. The summed E-state index contributed by atoms with van der Waals surface area (Å²) in [5.74, 6) is 0.0576. The van der Waals surface area contributed by atoms with Crippen molar-refractivity contribution in [1.82, 2.24) is 4.90 Å². The van der Waals surface area contributed by atoms with Crippen molar-refractivity contribution in [1.29, 1.82) is 0 Å². The van der Waals surface area contributed by atoms with E-state index in [1.807, 2.05) is 24.3 Å². The van der Waals surface area contributed by atoms with Crippen LogP contribution in [0.2, 0.25) is 0 Å². The minimum absolute atomic E-state index is 0.0576. The largest absolute Gasteiger partial charge is 0.378 e. The van der Waals surface area contributed by atoms with Gasteiger partial charge >= 0.3 is 0 Å². The molecule has 0 spiro atoms. The number of hydrogen-bond acceptors (Lipinski definition) is 4. The maximum Gasteiger partial charge on any atom is 0.225 e. The van der Waals surface area contributed by atoms with Gasteiger partial charge in [0.2, 0.25) is 5.91 Å². The standard InChI is InChI=1S/C22H29N3O2/c1-2-24(18-19-8-4-3-5-9-19)13-12-22(26)23-20-10-6-7-11-21(20)25-14-16-27-17-15-25/h3-11H,2,12-18H2,1H3,(H,23,26). The molecule has 1 fully saturated rings. The third-order valence-electron chi connectivity index (χ3n) is 4.88. The number of nitrogens with zero attached hydrogens (tertiary/aromatic N) is 2. The van der Waals surface area contributed by atoms with Gasteiger partial charge in [-0.25, -0.2) is 0 Å². The van der Waals surface area contributed by atoms with Crippen LogP contribution in [0.4, 0.5) is 11.4 Å². The zero-order valence-electron chi connectivity index (χ0n) is 16.1. The topological polar surface area (TPSA) is 44.8 Å². The summed E-state index contributed by atoms with van der Waals surface area (Å²) in [6, 6.07) is 18.4. The normalized spacial score (nSPS) is 14.4. The monoisotopic (exact) mass is 367 g/mol. The number of rotatable bonds is 8. The smallest absolute Gasteiger partial charge is 0.225 e. The number of para-hydroxylation sites is 2. The maximum absolute atomic E-state index is 12.5. The van der Waals surface area contributed by atoms with E-state index in [4.69, 9.17) is 4.74 Å². The molecule has 0 aromatic heterocycles. The second-order valence-corrected chi connectivity index (χ2v) is 6.77. The molecule has 1 aliphatic heterocycles. The first kappa shape index (κ1) is 19.4. The Morgan fingerprint density at radius 1 is 1.07 bits per heavy atom. The fraction of sp³-hybridized carbons (Fsp3) is 0.409. The van der Waals surface area contributed by atoms with Crippen molar-refractivity contribution in [3.63, 3.8) is 0 Å². The Hall–Kier alpha value is -2.37. The van der Waals surface area contributed by atoms with Gasteiger partial charge in [0.1, 0.15) is 0 Å². The lowest BCUT2D eigenvalue weighted by Gasteiger charge is -2.30. The minimum Gasteiger partial charge on any atom is -0.378 e. The highest BCUT2D eigenvalue weighted by atomic mass is 16.5. The molecule has 27 heavy (non-hydrogen) atoms. The van der Waals surface area contributed by atoms with Crippen molar-refractivity contribution in [2.24, 2.45) is 0 Å². The van der Waals surface area contributed by atoms with Gasteiger partial charge in [0.25, 0.3) is 0 Å². The van der Waals surface area contributed by atoms with Crippen LogP contribution < -0.4 is 10.2 Å². The first-order chi connectivity index (χ1) is 13.3. The molecule has 5 nitrogen and oxygen atoms in total. The van der Waals surface area contributed by atoms with Gasteiger partial charge in [-0.15, -0.1) is 0 Å². The van der Waals surface area contributed by atoms with Gasteiger partial charge < -0.3 is 15.0 Å². The Morgan fingerprint density at radius 3 is 2.52 bits per heavy atom. The van der Waals surface area contributed by atoms with Crippen molar-refractivity contribution in [2.45, 2.75) is 19.9 Å². The average molecular weight is 367 g/mol. The molecule has 5 heteroatoms. The minimum atomic E-state index is 0.0576. The van der Waals surface area contributed by atoms with Crippen molar-refractivity contribution in [3.05, 3.63) is 60.2 Å². The van der Waals surface area contributed by atoms with E-state index < -0.39 is 0 Å². The second-order valence-electron chi connectivity index (χ2n) is 6.77. The summed E-state index contributed by atoms with van der Waals surface area (Å²) in [5.41, 5.74) is 3.23. The third kappa shape index (κ3) is 5.81. The molecule has 1 heterocycles. The lowest BCUT2D eigenvalue weighted by molar-refractivity contribution is -0.116. The first-order valence-electron chi connectivity index (χ1n) is 9.74. The van der Waals surface area contributed by atoms with E-state index in [-0.39, 0.29) is 5.91 Å². The van der Waals surface area contributed by atoms with Crippen LogP contribution >= 0.6 is 0 Å². The first-order valence-corrected chi connectivity index (χ1v) is 9.74. The fourth-order valence-electron chi connectivity index (χ4n) is 3.32. The molecule has 1 amide bonds. The number of anilines is 2. The third-order valence-corrected chi connectivity index (χ3v) is 4.88. The van der Waals surface area contributed by atoms with Gasteiger partial charge in [-0.05, 0) is 24.2 Å². The van der Waals surface area contributed by atoms with Gasteiger partial charge in [0, 0.05) is 32.6 Å². The maximum atomic E-state index is 12.5. The Balaban J connectivity index is 1.54. The summed E-state index contributed by atoms with van der Waals surface area (Å²) in [7, 11) is 0. The predicted octanol–water partition coefficient (Wildman–Crippen LogP) is 3.37. The Kier molecular flexibility index (Phi) is 7.25. The van der Waals surface area contributed by atoms with Crippen LogP contribution in [0.15, 0.2) is 54.6 Å². The zero-order valence-corrected chi connectivity index (χ0v) is 16.1. The Labute approximate surface area is 161 Å². The van der Waals surface area contributed by atoms with Gasteiger partial charge in [0.05, 0.1) is 24.6 Å². The number of morpholine rings is 1. The molecule has 2 aromatic carbocycles. The lowest BCUT2D eigenvalue weighted by Crippen LogP contribution is -2.36. The Bertz CT molecular complexity index is 715. The molecule has 0 radical (unpaired) electrons. The van der Waals surface area contributed by atoms with E-state index in [0.29, 0.717) is 6.42 Å². The molecule has 0 saturated carbocycles. The van der Waals surface area contributed by atoms with Crippen molar-refractivity contribution < 1.29 is 9.53 Å². The number of nitrogens with one attached hydrogen (secondary N) is 1. The van der Waals surface area contributed by atoms with E-state index in [1.54, 1.807) is 0 Å². The zero-order chi connectivity index (χ0) is 18.9. The van der Waals surface area contributed by atoms with Crippen LogP contribution in [0.3, 0.4) is 0 Å². The highest BCUT2D eigenvalue weighted by Gasteiger charge is 2.16. The molecule has 0 unspecified atom stereocenters. The molecule has 2 aromatic rings. The number of ether oxygens (including phenoxy) is 1. The van der Waals surface area contributed by atoms with Crippen LogP contribution in [0, 0.1) is 0 Å². The van der Waals surface area contributed by atoms with Crippen LogP contribution in [0.5, 0.6) is 0 Å². The summed E-state index contributed by atoms with van der Waals surface area (Å²) in [6.45, 7) is 7.84. The van der Waals surface area contributed by atoms with E-state index in [0.717, 1.165) is 57.3 Å². The second kappa shape index (κ2) is 10.1. The number of hydrogen-bond donors (Lipinski definition) is 1. The molecule has 0 bridgehead atoms.